The van der Waals surface area contributed by atoms with E-state index in [0.29, 0.717) is 31.2 Å². The van der Waals surface area contributed by atoms with Crippen LogP contribution in [0.5, 0.6) is 0 Å². The second kappa shape index (κ2) is 5.99. The van der Waals surface area contributed by atoms with Crippen LogP contribution in [0, 0.1) is 0 Å². The summed E-state index contributed by atoms with van der Waals surface area (Å²) in [6, 6.07) is 0. The molecule has 1 rings (SSSR count). The van der Waals surface area contributed by atoms with E-state index in [-0.39, 0.29) is 18.6 Å². The zero-order valence-electron chi connectivity index (χ0n) is 8.77. The van der Waals surface area contributed by atoms with Gasteiger partial charge in [-0.05, 0) is 0 Å². The highest BCUT2D eigenvalue weighted by Crippen LogP contribution is 2.05. The molecule has 1 amide bonds. The number of nitrogens with zero attached hydrogens (tertiary/aromatic N) is 1. The highest BCUT2D eigenvalue weighted by atomic mass is 32.1. The molecule has 5 nitrogen and oxygen atoms in total. The number of likely N-dealkylation sites (N-methyl/N-ethyl adjacent to an activating group) is 1. The SMILES string of the molecule is CN(CCC(N)=S)C(=O)COC1COC1. The third kappa shape index (κ3) is 4.55. The second-order valence-corrected chi connectivity index (χ2v) is 4.03. The van der Waals surface area contributed by atoms with E-state index in [1.807, 2.05) is 0 Å². The van der Waals surface area contributed by atoms with Crippen molar-refractivity contribution >= 4 is 23.1 Å². The fraction of sp³-hybridized carbons (Fsp3) is 0.778. The molecule has 0 radical (unpaired) electrons. The Morgan fingerprint density at radius 1 is 1.67 bits per heavy atom. The van der Waals surface area contributed by atoms with E-state index in [2.05, 4.69) is 0 Å². The first-order valence-corrected chi connectivity index (χ1v) is 5.22. The lowest BCUT2D eigenvalue weighted by Gasteiger charge is -2.26. The number of amides is 1. The van der Waals surface area contributed by atoms with E-state index in [1.54, 1.807) is 11.9 Å². The van der Waals surface area contributed by atoms with Gasteiger partial charge in [-0.2, -0.15) is 0 Å². The normalized spacial score (nSPS) is 15.8. The summed E-state index contributed by atoms with van der Waals surface area (Å²) >= 11 is 4.73. The molecule has 0 spiro atoms. The van der Waals surface area contributed by atoms with Crippen LogP contribution < -0.4 is 5.73 Å². The summed E-state index contributed by atoms with van der Waals surface area (Å²) in [6.07, 6.45) is 0.627. The van der Waals surface area contributed by atoms with E-state index in [9.17, 15) is 4.79 Å². The number of carbonyl (C=O) groups excluding carboxylic acids is 1. The van der Waals surface area contributed by atoms with Crippen LogP contribution in [0.3, 0.4) is 0 Å². The van der Waals surface area contributed by atoms with E-state index in [0.717, 1.165) is 0 Å². The summed E-state index contributed by atoms with van der Waals surface area (Å²) in [4.78, 5) is 13.5. The molecule has 0 bridgehead atoms. The molecule has 2 N–H and O–H groups in total. The van der Waals surface area contributed by atoms with E-state index < -0.39 is 0 Å². The quantitative estimate of drug-likeness (QED) is 0.628. The first-order chi connectivity index (χ1) is 7.09. The maximum Gasteiger partial charge on any atom is 0.248 e. The number of hydrogen-bond acceptors (Lipinski definition) is 4. The van der Waals surface area contributed by atoms with Crippen molar-refractivity contribution in [2.45, 2.75) is 12.5 Å². The Kier molecular flexibility index (Phi) is 4.93. The third-order valence-corrected chi connectivity index (χ3v) is 2.37. The third-order valence-electron chi connectivity index (χ3n) is 2.17. The molecule has 0 aromatic rings. The number of hydrogen-bond donors (Lipinski definition) is 1. The number of thiocarbonyl (C=S) groups is 1. The van der Waals surface area contributed by atoms with E-state index in [1.165, 1.54) is 0 Å². The molecular formula is C9H16N2O3S. The average molecular weight is 232 g/mol. The molecule has 0 aromatic carbocycles. The maximum atomic E-state index is 11.5. The van der Waals surface area contributed by atoms with Crippen molar-refractivity contribution in [1.82, 2.24) is 4.90 Å². The molecule has 0 saturated carbocycles. The molecule has 1 aliphatic rings. The van der Waals surface area contributed by atoms with Crippen molar-refractivity contribution in [3.63, 3.8) is 0 Å². The molecule has 6 heteroatoms. The molecule has 1 heterocycles. The molecular weight excluding hydrogens is 216 g/mol. The van der Waals surface area contributed by atoms with Gasteiger partial charge in [0.25, 0.3) is 0 Å². The lowest BCUT2D eigenvalue weighted by molar-refractivity contribution is -0.154. The lowest BCUT2D eigenvalue weighted by atomic mass is 10.3. The van der Waals surface area contributed by atoms with E-state index in [4.69, 9.17) is 27.4 Å². The van der Waals surface area contributed by atoms with Crippen LogP contribution in [0.2, 0.25) is 0 Å². The summed E-state index contributed by atoms with van der Waals surface area (Å²) in [7, 11) is 1.71. The van der Waals surface area contributed by atoms with Crippen LogP contribution >= 0.6 is 12.2 Å². The molecule has 0 aliphatic carbocycles. The van der Waals surface area contributed by atoms with Crippen molar-refractivity contribution in [3.05, 3.63) is 0 Å². The number of ether oxygens (including phenoxy) is 2. The highest BCUT2D eigenvalue weighted by Gasteiger charge is 2.20. The van der Waals surface area contributed by atoms with Crippen molar-refractivity contribution in [3.8, 4) is 0 Å². The Labute approximate surface area is 94.5 Å². The molecule has 1 fully saturated rings. The standard InChI is InChI=1S/C9H16N2O3S/c1-11(3-2-8(10)15)9(12)6-14-7-4-13-5-7/h7H,2-6H2,1H3,(H2,10,15). The van der Waals surface area contributed by atoms with Gasteiger partial charge >= 0.3 is 0 Å². The van der Waals surface area contributed by atoms with Gasteiger partial charge in [0.1, 0.15) is 12.7 Å². The minimum atomic E-state index is -0.0573. The summed E-state index contributed by atoms with van der Waals surface area (Å²) in [5.74, 6) is -0.0573. The highest BCUT2D eigenvalue weighted by molar-refractivity contribution is 7.80. The van der Waals surface area contributed by atoms with Crippen molar-refractivity contribution < 1.29 is 14.3 Å². The predicted molar refractivity (Wildman–Crippen MR) is 59.6 cm³/mol. The van der Waals surface area contributed by atoms with Crippen LogP contribution in [0.25, 0.3) is 0 Å². The van der Waals surface area contributed by atoms with Crippen LogP contribution in [0.1, 0.15) is 6.42 Å². The Balaban J connectivity index is 2.11. The molecule has 1 saturated heterocycles. The van der Waals surface area contributed by atoms with Gasteiger partial charge in [0, 0.05) is 20.0 Å². The summed E-state index contributed by atoms with van der Waals surface area (Å²) in [6.45, 7) is 1.81. The Bertz CT molecular complexity index is 244. The topological polar surface area (TPSA) is 64.8 Å². The molecule has 0 atom stereocenters. The number of nitrogens with two attached hydrogens (primary N) is 1. The van der Waals surface area contributed by atoms with Crippen LogP contribution in [0.15, 0.2) is 0 Å². The molecule has 86 valence electrons. The zero-order chi connectivity index (χ0) is 11.3. The van der Waals surface area contributed by atoms with Gasteiger partial charge in [0.2, 0.25) is 5.91 Å². The van der Waals surface area contributed by atoms with E-state index >= 15 is 0 Å². The van der Waals surface area contributed by atoms with Gasteiger partial charge in [0.05, 0.1) is 18.2 Å². The fourth-order valence-corrected chi connectivity index (χ4v) is 1.10. The predicted octanol–water partition coefficient (Wildman–Crippen LogP) is -0.464. The Morgan fingerprint density at radius 2 is 2.33 bits per heavy atom. The largest absolute Gasteiger partial charge is 0.393 e. The minimum absolute atomic E-state index is 0.0573. The molecule has 0 aromatic heterocycles. The molecule has 0 unspecified atom stereocenters. The number of rotatable bonds is 6. The smallest absolute Gasteiger partial charge is 0.248 e. The first kappa shape index (κ1) is 12.4. The van der Waals surface area contributed by atoms with Gasteiger partial charge in [-0.1, -0.05) is 12.2 Å². The summed E-state index contributed by atoms with van der Waals surface area (Å²) in [5.41, 5.74) is 5.34. The van der Waals surface area contributed by atoms with Crippen molar-refractivity contribution in [1.29, 1.82) is 0 Å². The fourth-order valence-electron chi connectivity index (χ4n) is 1.01. The second-order valence-electron chi connectivity index (χ2n) is 3.50. The lowest BCUT2D eigenvalue weighted by Crippen LogP contribution is -2.40. The van der Waals surface area contributed by atoms with Crippen molar-refractivity contribution in [2.75, 3.05) is 33.4 Å². The number of carbonyl (C=O) groups is 1. The van der Waals surface area contributed by atoms with Crippen molar-refractivity contribution in [2.24, 2.45) is 5.73 Å². The molecule has 15 heavy (non-hydrogen) atoms. The van der Waals surface area contributed by atoms with Gasteiger partial charge in [-0.3, -0.25) is 4.79 Å². The van der Waals surface area contributed by atoms with Gasteiger partial charge in [0.15, 0.2) is 0 Å². The molecule has 1 aliphatic heterocycles. The Hall–Kier alpha value is -0.720. The van der Waals surface area contributed by atoms with Gasteiger partial charge in [-0.15, -0.1) is 0 Å². The Morgan fingerprint density at radius 3 is 2.80 bits per heavy atom. The van der Waals surface area contributed by atoms with Gasteiger partial charge < -0.3 is 20.1 Å². The first-order valence-electron chi connectivity index (χ1n) is 4.81. The summed E-state index contributed by atoms with van der Waals surface area (Å²) < 4.78 is 10.2. The van der Waals surface area contributed by atoms with Crippen LogP contribution in [-0.4, -0.2) is 55.3 Å². The van der Waals surface area contributed by atoms with Crippen LogP contribution in [-0.2, 0) is 14.3 Å². The monoisotopic (exact) mass is 232 g/mol. The average Bonchev–Trinajstić information content (AvgIpc) is 2.11. The minimum Gasteiger partial charge on any atom is -0.393 e. The maximum absolute atomic E-state index is 11.5. The van der Waals surface area contributed by atoms with Crippen LogP contribution in [0.4, 0.5) is 0 Å². The van der Waals surface area contributed by atoms with Gasteiger partial charge in [-0.25, -0.2) is 0 Å². The zero-order valence-corrected chi connectivity index (χ0v) is 9.59. The summed E-state index contributed by atoms with van der Waals surface area (Å²) in [5, 5.41) is 0.